The monoisotopic (exact) mass is 221 g/mol. The van der Waals surface area contributed by atoms with E-state index in [9.17, 15) is 8.42 Å². The maximum Gasteiger partial charge on any atom is 0.274 e. The van der Waals surface area contributed by atoms with Crippen molar-refractivity contribution in [3.8, 4) is 0 Å². The lowest BCUT2D eigenvalue weighted by atomic mass is 9.86. The summed E-state index contributed by atoms with van der Waals surface area (Å²) in [5, 5.41) is 8.14. The molecule has 1 aliphatic heterocycles. The van der Waals surface area contributed by atoms with Gasteiger partial charge in [0.25, 0.3) is 10.2 Å². The summed E-state index contributed by atoms with van der Waals surface area (Å²) >= 11 is 0. The second-order valence-corrected chi connectivity index (χ2v) is 5.34. The Morgan fingerprint density at radius 1 is 1.50 bits per heavy atom. The quantitative estimate of drug-likeness (QED) is 0.593. The molecule has 4 N–H and O–H groups in total. The van der Waals surface area contributed by atoms with Crippen molar-refractivity contribution in [3.63, 3.8) is 0 Å². The van der Waals surface area contributed by atoms with Crippen molar-refractivity contribution >= 4 is 10.2 Å². The fourth-order valence-electron chi connectivity index (χ4n) is 1.83. The second kappa shape index (κ2) is 5.06. The fraction of sp³-hybridized carbons (Fsp3) is 1.00. The first-order chi connectivity index (χ1) is 6.49. The largest absolute Gasteiger partial charge is 0.317 e. The highest BCUT2D eigenvalue weighted by Gasteiger charge is 2.20. The Kier molecular flexibility index (Phi) is 4.31. The van der Waals surface area contributed by atoms with E-state index in [1.54, 1.807) is 0 Å². The molecule has 1 fully saturated rings. The summed E-state index contributed by atoms with van der Waals surface area (Å²) in [7, 11) is -3.52. The van der Waals surface area contributed by atoms with Crippen molar-refractivity contribution in [1.82, 2.24) is 10.0 Å². The minimum absolute atomic E-state index is 0.357. The number of hydrogen-bond acceptors (Lipinski definition) is 3. The van der Waals surface area contributed by atoms with Gasteiger partial charge in [-0.15, -0.1) is 0 Å². The molecule has 0 bridgehead atoms. The van der Waals surface area contributed by atoms with Crippen LogP contribution >= 0.6 is 0 Å². The fourth-order valence-corrected chi connectivity index (χ4v) is 2.32. The van der Waals surface area contributed by atoms with Crippen LogP contribution in [0.25, 0.3) is 0 Å². The van der Waals surface area contributed by atoms with Crippen LogP contribution in [0.4, 0.5) is 0 Å². The summed E-state index contributed by atoms with van der Waals surface area (Å²) in [6.07, 6.45) is 2.24. The molecule has 1 aliphatic rings. The van der Waals surface area contributed by atoms with E-state index < -0.39 is 10.2 Å². The van der Waals surface area contributed by atoms with Crippen LogP contribution in [0.15, 0.2) is 0 Å². The van der Waals surface area contributed by atoms with Crippen molar-refractivity contribution in [2.24, 2.45) is 17.0 Å². The molecule has 0 amide bonds. The zero-order valence-electron chi connectivity index (χ0n) is 8.49. The molecule has 5 nitrogen and oxygen atoms in total. The van der Waals surface area contributed by atoms with Gasteiger partial charge in [0.2, 0.25) is 0 Å². The molecule has 1 heterocycles. The first kappa shape index (κ1) is 11.9. The average molecular weight is 221 g/mol. The topological polar surface area (TPSA) is 84.2 Å². The van der Waals surface area contributed by atoms with Crippen molar-refractivity contribution in [1.29, 1.82) is 0 Å². The Labute approximate surface area is 85.6 Å². The van der Waals surface area contributed by atoms with Gasteiger partial charge in [0.1, 0.15) is 0 Å². The molecular weight excluding hydrogens is 202 g/mol. The summed E-state index contributed by atoms with van der Waals surface area (Å²) < 4.78 is 23.7. The van der Waals surface area contributed by atoms with Gasteiger partial charge in [0.15, 0.2) is 0 Å². The van der Waals surface area contributed by atoms with Crippen LogP contribution in [-0.2, 0) is 10.2 Å². The van der Waals surface area contributed by atoms with Gasteiger partial charge in [0.05, 0.1) is 0 Å². The Hall–Kier alpha value is -0.170. The maximum atomic E-state index is 10.7. The molecule has 0 aliphatic carbocycles. The van der Waals surface area contributed by atoms with Gasteiger partial charge in [-0.2, -0.15) is 8.42 Å². The van der Waals surface area contributed by atoms with Crippen LogP contribution in [-0.4, -0.2) is 28.1 Å². The van der Waals surface area contributed by atoms with Crippen molar-refractivity contribution in [2.45, 2.75) is 19.8 Å². The van der Waals surface area contributed by atoms with E-state index in [2.05, 4.69) is 17.0 Å². The van der Waals surface area contributed by atoms with E-state index in [1.165, 1.54) is 0 Å². The predicted octanol–water partition coefficient (Wildman–Crippen LogP) is -0.585. The minimum atomic E-state index is -3.52. The zero-order chi connectivity index (χ0) is 10.6. The van der Waals surface area contributed by atoms with E-state index in [0.29, 0.717) is 18.4 Å². The number of nitrogens with two attached hydrogens (primary N) is 1. The highest BCUT2D eigenvalue weighted by atomic mass is 32.2. The minimum Gasteiger partial charge on any atom is -0.317 e. The van der Waals surface area contributed by atoms with Crippen molar-refractivity contribution in [2.75, 3.05) is 19.6 Å². The zero-order valence-corrected chi connectivity index (χ0v) is 9.31. The molecule has 0 radical (unpaired) electrons. The molecule has 1 rings (SSSR count). The molecule has 0 spiro atoms. The summed E-state index contributed by atoms with van der Waals surface area (Å²) in [6.45, 7) is 4.58. The van der Waals surface area contributed by atoms with Crippen LogP contribution in [0.1, 0.15) is 19.8 Å². The molecule has 0 saturated carbocycles. The first-order valence-electron chi connectivity index (χ1n) is 4.97. The smallest absolute Gasteiger partial charge is 0.274 e. The molecule has 84 valence electrons. The standard InChI is InChI=1S/C8H19N3O2S/c1-7(6-11-14(9,12)13)8-2-4-10-5-3-8/h7-8,10-11H,2-6H2,1H3,(H2,9,12,13). The molecule has 1 unspecified atom stereocenters. The molecule has 14 heavy (non-hydrogen) atoms. The van der Waals surface area contributed by atoms with Crippen LogP contribution < -0.4 is 15.2 Å². The molecular formula is C8H19N3O2S. The van der Waals surface area contributed by atoms with Crippen LogP contribution in [0.3, 0.4) is 0 Å². The third-order valence-corrected chi connectivity index (χ3v) is 3.36. The van der Waals surface area contributed by atoms with E-state index >= 15 is 0 Å². The summed E-state index contributed by atoms with van der Waals surface area (Å²) in [5.41, 5.74) is 0. The Morgan fingerprint density at radius 3 is 2.57 bits per heavy atom. The lowest BCUT2D eigenvalue weighted by Gasteiger charge is -2.28. The highest BCUT2D eigenvalue weighted by molar-refractivity contribution is 7.87. The third-order valence-electron chi connectivity index (χ3n) is 2.80. The van der Waals surface area contributed by atoms with E-state index in [4.69, 9.17) is 5.14 Å². The Bertz CT molecular complexity index is 260. The predicted molar refractivity (Wildman–Crippen MR) is 55.9 cm³/mol. The molecule has 1 saturated heterocycles. The number of rotatable bonds is 4. The SMILES string of the molecule is CC(CNS(N)(=O)=O)C1CCNCC1. The summed E-state index contributed by atoms with van der Waals surface area (Å²) in [6, 6.07) is 0. The summed E-state index contributed by atoms with van der Waals surface area (Å²) in [5.74, 6) is 0.959. The van der Waals surface area contributed by atoms with Gasteiger partial charge in [-0.1, -0.05) is 6.92 Å². The highest BCUT2D eigenvalue weighted by Crippen LogP contribution is 2.20. The van der Waals surface area contributed by atoms with Crippen molar-refractivity contribution in [3.05, 3.63) is 0 Å². The van der Waals surface area contributed by atoms with Gasteiger partial charge in [-0.05, 0) is 37.8 Å². The normalized spacial score (nSPS) is 22.1. The molecule has 0 aromatic rings. The van der Waals surface area contributed by atoms with Crippen LogP contribution in [0.5, 0.6) is 0 Å². The van der Waals surface area contributed by atoms with Gasteiger partial charge in [-0.3, -0.25) is 0 Å². The maximum absolute atomic E-state index is 10.7. The van der Waals surface area contributed by atoms with Crippen LogP contribution in [0.2, 0.25) is 0 Å². The second-order valence-electron chi connectivity index (χ2n) is 3.96. The van der Waals surface area contributed by atoms with Gasteiger partial charge < -0.3 is 5.32 Å². The van der Waals surface area contributed by atoms with Gasteiger partial charge in [0, 0.05) is 6.54 Å². The molecule has 6 heteroatoms. The Balaban J connectivity index is 2.30. The number of hydrogen-bond donors (Lipinski definition) is 3. The first-order valence-corrected chi connectivity index (χ1v) is 6.52. The van der Waals surface area contributed by atoms with Crippen molar-refractivity contribution < 1.29 is 8.42 Å². The molecule has 0 aromatic heterocycles. The lowest BCUT2D eigenvalue weighted by Crippen LogP contribution is -2.38. The number of piperidine rings is 1. The van der Waals surface area contributed by atoms with E-state index in [0.717, 1.165) is 25.9 Å². The van der Waals surface area contributed by atoms with E-state index in [1.807, 2.05) is 0 Å². The lowest BCUT2D eigenvalue weighted by molar-refractivity contribution is 0.276. The number of nitrogens with one attached hydrogen (secondary N) is 2. The summed E-state index contributed by atoms with van der Waals surface area (Å²) in [4.78, 5) is 0. The van der Waals surface area contributed by atoms with Crippen LogP contribution in [0, 0.1) is 11.8 Å². The molecule has 0 aromatic carbocycles. The van der Waals surface area contributed by atoms with Gasteiger partial charge in [-0.25, -0.2) is 9.86 Å². The molecule has 1 atom stereocenters. The average Bonchev–Trinajstić information content (AvgIpc) is 2.14. The third kappa shape index (κ3) is 4.36. The Morgan fingerprint density at radius 2 is 2.07 bits per heavy atom. The van der Waals surface area contributed by atoms with E-state index in [-0.39, 0.29) is 0 Å². The van der Waals surface area contributed by atoms with Gasteiger partial charge >= 0.3 is 0 Å².